The molecular weight excluding hydrogens is 224 g/mol. The maximum Gasteiger partial charge on any atom is 0.0562 e. The highest BCUT2D eigenvalue weighted by molar-refractivity contribution is 5.47. The van der Waals surface area contributed by atoms with Gasteiger partial charge >= 0.3 is 0 Å². The third kappa shape index (κ3) is 3.21. The van der Waals surface area contributed by atoms with Gasteiger partial charge in [0.2, 0.25) is 0 Å². The Morgan fingerprint density at radius 1 is 1.39 bits per heavy atom. The van der Waals surface area contributed by atoms with E-state index in [1.54, 1.807) is 0 Å². The number of nitrogens with zero attached hydrogens (tertiary/aromatic N) is 3. The SMILES string of the molecule is CNCc1cc(N2CCC(N(C)C)CC2)ccn1. The fourth-order valence-corrected chi connectivity index (χ4v) is 2.58. The molecule has 4 heteroatoms. The zero-order chi connectivity index (χ0) is 13.0. The van der Waals surface area contributed by atoms with Gasteiger partial charge in [0.1, 0.15) is 0 Å². The molecule has 100 valence electrons. The minimum atomic E-state index is 0.736. The largest absolute Gasteiger partial charge is 0.371 e. The monoisotopic (exact) mass is 248 g/mol. The van der Waals surface area contributed by atoms with Crippen molar-refractivity contribution < 1.29 is 0 Å². The highest BCUT2D eigenvalue weighted by Gasteiger charge is 2.20. The van der Waals surface area contributed by atoms with Crippen molar-refractivity contribution in [2.24, 2.45) is 0 Å². The minimum Gasteiger partial charge on any atom is -0.371 e. The summed E-state index contributed by atoms with van der Waals surface area (Å²) >= 11 is 0. The average molecular weight is 248 g/mol. The lowest BCUT2D eigenvalue weighted by atomic mass is 10.0. The lowest BCUT2D eigenvalue weighted by Gasteiger charge is -2.36. The highest BCUT2D eigenvalue weighted by atomic mass is 15.2. The number of anilines is 1. The van der Waals surface area contributed by atoms with Crippen LogP contribution in [0.3, 0.4) is 0 Å². The summed E-state index contributed by atoms with van der Waals surface area (Å²) in [6, 6.07) is 5.06. The van der Waals surface area contributed by atoms with Crippen LogP contribution in [0, 0.1) is 0 Å². The van der Waals surface area contributed by atoms with Crippen LogP contribution < -0.4 is 10.2 Å². The third-order valence-electron chi connectivity index (χ3n) is 3.72. The van der Waals surface area contributed by atoms with Crippen molar-refractivity contribution in [1.29, 1.82) is 0 Å². The smallest absolute Gasteiger partial charge is 0.0562 e. The summed E-state index contributed by atoms with van der Waals surface area (Å²) in [5.41, 5.74) is 2.43. The Morgan fingerprint density at radius 2 is 2.11 bits per heavy atom. The molecule has 1 N–H and O–H groups in total. The number of hydrogen-bond acceptors (Lipinski definition) is 4. The fourth-order valence-electron chi connectivity index (χ4n) is 2.58. The van der Waals surface area contributed by atoms with Crippen molar-refractivity contribution in [2.45, 2.75) is 25.4 Å². The Hall–Kier alpha value is -1.13. The number of piperidine rings is 1. The van der Waals surface area contributed by atoms with Gasteiger partial charge in [-0.2, -0.15) is 0 Å². The number of rotatable bonds is 4. The first-order chi connectivity index (χ1) is 8.70. The Balaban J connectivity index is 1.98. The minimum absolute atomic E-state index is 0.736. The average Bonchev–Trinajstić information content (AvgIpc) is 2.39. The summed E-state index contributed by atoms with van der Waals surface area (Å²) in [6.45, 7) is 3.12. The number of nitrogens with one attached hydrogen (secondary N) is 1. The Kier molecular flexibility index (Phi) is 4.55. The Labute approximate surface area is 110 Å². The van der Waals surface area contributed by atoms with Crippen molar-refractivity contribution in [1.82, 2.24) is 15.2 Å². The van der Waals surface area contributed by atoms with Gasteiger partial charge in [-0.1, -0.05) is 0 Å². The topological polar surface area (TPSA) is 31.4 Å². The Bertz CT molecular complexity index is 370. The van der Waals surface area contributed by atoms with E-state index in [-0.39, 0.29) is 0 Å². The normalized spacial score (nSPS) is 17.4. The lowest BCUT2D eigenvalue weighted by Crippen LogP contribution is -2.42. The molecular formula is C14H24N4. The van der Waals surface area contributed by atoms with E-state index < -0.39 is 0 Å². The molecule has 1 saturated heterocycles. The predicted octanol–water partition coefficient (Wildman–Crippen LogP) is 1.33. The van der Waals surface area contributed by atoms with Gasteiger partial charge in [-0.3, -0.25) is 4.98 Å². The quantitative estimate of drug-likeness (QED) is 0.871. The first kappa shape index (κ1) is 13.3. The molecule has 0 amide bonds. The lowest BCUT2D eigenvalue weighted by molar-refractivity contribution is 0.249. The molecule has 18 heavy (non-hydrogen) atoms. The molecule has 1 aliphatic heterocycles. The molecule has 0 saturated carbocycles. The van der Waals surface area contributed by atoms with Gasteiger partial charge < -0.3 is 15.1 Å². The first-order valence-electron chi connectivity index (χ1n) is 6.71. The van der Waals surface area contributed by atoms with Crippen LogP contribution in [0.5, 0.6) is 0 Å². The van der Waals surface area contributed by atoms with Crippen LogP contribution in [-0.2, 0) is 6.54 Å². The van der Waals surface area contributed by atoms with Crippen molar-refractivity contribution in [3.05, 3.63) is 24.0 Å². The summed E-state index contributed by atoms with van der Waals surface area (Å²) in [6.07, 6.45) is 4.41. The third-order valence-corrected chi connectivity index (χ3v) is 3.72. The van der Waals surface area contributed by atoms with Crippen molar-refractivity contribution in [2.75, 3.05) is 39.1 Å². The maximum atomic E-state index is 4.37. The summed E-state index contributed by atoms with van der Waals surface area (Å²) in [5, 5.41) is 3.15. The van der Waals surface area contributed by atoms with Crippen LogP contribution in [0.25, 0.3) is 0 Å². The highest BCUT2D eigenvalue weighted by Crippen LogP contribution is 2.21. The molecule has 0 atom stereocenters. The van der Waals surface area contributed by atoms with Gasteiger partial charge in [-0.05, 0) is 46.1 Å². The summed E-state index contributed by atoms with van der Waals surface area (Å²) < 4.78 is 0. The van der Waals surface area contributed by atoms with Gasteiger partial charge in [0.15, 0.2) is 0 Å². The molecule has 0 bridgehead atoms. The van der Waals surface area contributed by atoms with E-state index in [1.165, 1.54) is 18.5 Å². The van der Waals surface area contributed by atoms with Gasteiger partial charge in [-0.15, -0.1) is 0 Å². The molecule has 2 heterocycles. The summed E-state index contributed by atoms with van der Waals surface area (Å²) in [5.74, 6) is 0. The van der Waals surface area contributed by atoms with E-state index in [4.69, 9.17) is 0 Å². The van der Waals surface area contributed by atoms with Crippen LogP contribution in [0.2, 0.25) is 0 Å². The molecule has 0 unspecified atom stereocenters. The van der Waals surface area contributed by atoms with E-state index in [2.05, 4.69) is 46.3 Å². The van der Waals surface area contributed by atoms with E-state index in [0.717, 1.165) is 31.4 Å². The Morgan fingerprint density at radius 3 is 2.72 bits per heavy atom. The number of aromatic nitrogens is 1. The molecule has 0 radical (unpaired) electrons. The summed E-state index contributed by atoms with van der Waals surface area (Å²) in [7, 11) is 6.31. The van der Waals surface area contributed by atoms with E-state index >= 15 is 0 Å². The van der Waals surface area contributed by atoms with Crippen molar-refractivity contribution >= 4 is 5.69 Å². The van der Waals surface area contributed by atoms with Gasteiger partial charge in [0.05, 0.1) is 5.69 Å². The molecule has 0 spiro atoms. The van der Waals surface area contributed by atoms with Crippen LogP contribution in [0.4, 0.5) is 5.69 Å². The number of hydrogen-bond donors (Lipinski definition) is 1. The molecule has 1 fully saturated rings. The zero-order valence-corrected chi connectivity index (χ0v) is 11.7. The fraction of sp³-hybridized carbons (Fsp3) is 0.643. The van der Waals surface area contributed by atoms with Crippen LogP contribution in [-0.4, -0.2) is 50.2 Å². The van der Waals surface area contributed by atoms with Crippen LogP contribution >= 0.6 is 0 Å². The van der Waals surface area contributed by atoms with Crippen LogP contribution in [0.15, 0.2) is 18.3 Å². The second-order valence-corrected chi connectivity index (χ2v) is 5.22. The molecule has 2 rings (SSSR count). The first-order valence-corrected chi connectivity index (χ1v) is 6.71. The van der Waals surface area contributed by atoms with Gasteiger partial charge in [-0.25, -0.2) is 0 Å². The van der Waals surface area contributed by atoms with E-state index in [9.17, 15) is 0 Å². The van der Waals surface area contributed by atoms with E-state index in [1.807, 2.05) is 13.2 Å². The molecule has 1 aromatic rings. The van der Waals surface area contributed by atoms with Crippen LogP contribution in [0.1, 0.15) is 18.5 Å². The molecule has 0 aromatic carbocycles. The van der Waals surface area contributed by atoms with Crippen molar-refractivity contribution in [3.63, 3.8) is 0 Å². The predicted molar refractivity (Wildman–Crippen MR) is 75.9 cm³/mol. The van der Waals surface area contributed by atoms with Crippen molar-refractivity contribution in [3.8, 4) is 0 Å². The zero-order valence-electron chi connectivity index (χ0n) is 11.7. The summed E-state index contributed by atoms with van der Waals surface area (Å²) in [4.78, 5) is 9.19. The molecule has 1 aliphatic rings. The van der Waals surface area contributed by atoms with Gasteiger partial charge in [0, 0.05) is 37.6 Å². The van der Waals surface area contributed by atoms with Gasteiger partial charge in [0.25, 0.3) is 0 Å². The standard InChI is InChI=1S/C14H24N4/c1-15-11-12-10-14(4-7-16-12)18-8-5-13(6-9-18)17(2)3/h4,7,10,13,15H,5-6,8-9,11H2,1-3H3. The van der Waals surface area contributed by atoms with E-state index in [0.29, 0.717) is 0 Å². The number of pyridine rings is 1. The molecule has 0 aliphatic carbocycles. The molecule has 4 nitrogen and oxygen atoms in total. The molecule has 1 aromatic heterocycles. The maximum absolute atomic E-state index is 4.37. The second kappa shape index (κ2) is 6.16. The second-order valence-electron chi connectivity index (χ2n) is 5.22.